The number of hydrogen-bond acceptors (Lipinski definition) is 7. The predicted molar refractivity (Wildman–Crippen MR) is 105 cm³/mol. The quantitative estimate of drug-likeness (QED) is 0.593. The molecule has 1 fully saturated rings. The smallest absolute Gasteiger partial charge is 0.243 e. The number of hydrogen-bond donors (Lipinski definition) is 0. The number of Topliss-reactive ketones (excluding diaryl/α,β-unsaturated/α-hetero) is 1. The van der Waals surface area contributed by atoms with E-state index in [2.05, 4.69) is 15.1 Å². The fraction of sp³-hybridized carbons (Fsp3) is 0.300. The number of benzene rings is 1. The van der Waals surface area contributed by atoms with Crippen molar-refractivity contribution in [3.8, 4) is 11.4 Å². The van der Waals surface area contributed by atoms with Gasteiger partial charge in [0.25, 0.3) is 0 Å². The lowest BCUT2D eigenvalue weighted by molar-refractivity contribution is 0.101. The molecule has 9 heteroatoms. The van der Waals surface area contributed by atoms with E-state index in [0.717, 1.165) is 12.0 Å². The molecule has 3 aromatic rings. The van der Waals surface area contributed by atoms with E-state index >= 15 is 0 Å². The molecule has 3 heterocycles. The second-order valence-corrected chi connectivity index (χ2v) is 8.92. The number of rotatable bonds is 5. The molecule has 1 aliphatic rings. The Bertz CT molecular complexity index is 1110. The van der Waals surface area contributed by atoms with E-state index in [-0.39, 0.29) is 23.1 Å². The highest BCUT2D eigenvalue weighted by Crippen LogP contribution is 2.30. The Kier molecular flexibility index (Phi) is 5.25. The van der Waals surface area contributed by atoms with Crippen LogP contribution in [-0.4, -0.2) is 46.7 Å². The first-order valence-electron chi connectivity index (χ1n) is 9.30. The van der Waals surface area contributed by atoms with Gasteiger partial charge in [-0.1, -0.05) is 17.3 Å². The van der Waals surface area contributed by atoms with Crippen molar-refractivity contribution in [2.24, 2.45) is 0 Å². The van der Waals surface area contributed by atoms with E-state index in [1.807, 2.05) is 6.07 Å². The van der Waals surface area contributed by atoms with Gasteiger partial charge in [0.1, 0.15) is 0 Å². The number of carbonyl (C=O) groups excluding carboxylic acids is 1. The van der Waals surface area contributed by atoms with Gasteiger partial charge in [-0.3, -0.25) is 9.78 Å². The summed E-state index contributed by atoms with van der Waals surface area (Å²) in [4.78, 5) is 20.1. The molecule has 150 valence electrons. The van der Waals surface area contributed by atoms with E-state index in [1.54, 1.807) is 18.5 Å². The van der Waals surface area contributed by atoms with Gasteiger partial charge >= 0.3 is 0 Å². The van der Waals surface area contributed by atoms with Gasteiger partial charge in [0, 0.05) is 36.6 Å². The minimum absolute atomic E-state index is 0.104. The molecule has 1 saturated heterocycles. The van der Waals surface area contributed by atoms with Crippen LogP contribution in [0.3, 0.4) is 0 Å². The van der Waals surface area contributed by atoms with Crippen LogP contribution >= 0.6 is 0 Å². The molecule has 1 aliphatic heterocycles. The van der Waals surface area contributed by atoms with Crippen molar-refractivity contribution in [2.45, 2.75) is 30.6 Å². The molecule has 0 radical (unpaired) electrons. The molecular formula is C20H20N4O4S. The lowest BCUT2D eigenvalue weighted by Gasteiger charge is -2.30. The SMILES string of the molecule is CC(=O)c1ccc(S(=O)(=O)N2CCCC(c3nc(-c4cccnc4)no3)C2)cc1. The molecule has 2 aromatic heterocycles. The summed E-state index contributed by atoms with van der Waals surface area (Å²) in [5, 5.41) is 4.01. The number of carbonyl (C=O) groups is 1. The molecule has 0 saturated carbocycles. The Morgan fingerprint density at radius 3 is 2.69 bits per heavy atom. The lowest BCUT2D eigenvalue weighted by atomic mass is 10.00. The largest absolute Gasteiger partial charge is 0.339 e. The molecule has 1 unspecified atom stereocenters. The molecule has 8 nitrogen and oxygen atoms in total. The van der Waals surface area contributed by atoms with Crippen LogP contribution in [0.15, 0.2) is 58.2 Å². The molecule has 0 bridgehead atoms. The Morgan fingerprint density at radius 1 is 1.21 bits per heavy atom. The Morgan fingerprint density at radius 2 is 2.00 bits per heavy atom. The highest BCUT2D eigenvalue weighted by atomic mass is 32.2. The molecule has 4 rings (SSSR count). The molecule has 0 amide bonds. The first-order chi connectivity index (χ1) is 13.9. The van der Waals surface area contributed by atoms with Crippen LogP contribution in [0.25, 0.3) is 11.4 Å². The summed E-state index contributed by atoms with van der Waals surface area (Å²) >= 11 is 0. The fourth-order valence-electron chi connectivity index (χ4n) is 3.39. The maximum absolute atomic E-state index is 13.0. The van der Waals surface area contributed by atoms with Crippen LogP contribution in [0.1, 0.15) is 41.9 Å². The molecule has 0 spiro atoms. The molecule has 1 atom stereocenters. The van der Waals surface area contributed by atoms with Gasteiger partial charge in [0.05, 0.1) is 10.8 Å². The number of aromatic nitrogens is 3. The summed E-state index contributed by atoms with van der Waals surface area (Å²) < 4.78 is 32.9. The van der Waals surface area contributed by atoms with Crippen molar-refractivity contribution in [1.82, 2.24) is 19.4 Å². The minimum atomic E-state index is -3.67. The van der Waals surface area contributed by atoms with Gasteiger partial charge in [-0.15, -0.1) is 0 Å². The fourth-order valence-corrected chi connectivity index (χ4v) is 4.91. The third kappa shape index (κ3) is 3.96. The average molecular weight is 412 g/mol. The topological polar surface area (TPSA) is 106 Å². The molecule has 0 aliphatic carbocycles. The van der Waals surface area contributed by atoms with E-state index in [0.29, 0.717) is 30.2 Å². The first-order valence-corrected chi connectivity index (χ1v) is 10.7. The van der Waals surface area contributed by atoms with Crippen molar-refractivity contribution in [1.29, 1.82) is 0 Å². The van der Waals surface area contributed by atoms with Crippen molar-refractivity contribution >= 4 is 15.8 Å². The zero-order valence-corrected chi connectivity index (χ0v) is 16.7. The summed E-state index contributed by atoms with van der Waals surface area (Å²) in [6, 6.07) is 9.65. The second kappa shape index (κ2) is 7.84. The Balaban J connectivity index is 1.53. The summed E-state index contributed by atoms with van der Waals surface area (Å²) in [7, 11) is -3.67. The summed E-state index contributed by atoms with van der Waals surface area (Å²) in [5.41, 5.74) is 1.22. The Labute approximate surface area is 168 Å². The molecule has 1 aromatic carbocycles. The standard InChI is InChI=1S/C20H20N4O4S/c1-14(25)15-6-8-18(9-7-15)29(26,27)24-11-3-5-17(13-24)20-22-19(23-28-20)16-4-2-10-21-12-16/h2,4,6-10,12,17H,3,5,11,13H2,1H3. The van der Waals surface area contributed by atoms with Crippen LogP contribution in [0, 0.1) is 0 Å². The average Bonchev–Trinajstić information content (AvgIpc) is 3.25. The van der Waals surface area contributed by atoms with Gasteiger partial charge in [-0.25, -0.2) is 8.42 Å². The van der Waals surface area contributed by atoms with E-state index < -0.39 is 10.0 Å². The third-order valence-electron chi connectivity index (χ3n) is 4.99. The van der Waals surface area contributed by atoms with Crippen LogP contribution in [-0.2, 0) is 10.0 Å². The monoisotopic (exact) mass is 412 g/mol. The van der Waals surface area contributed by atoms with Crippen LogP contribution in [0.2, 0.25) is 0 Å². The van der Waals surface area contributed by atoms with E-state index in [1.165, 1.54) is 35.5 Å². The maximum atomic E-state index is 13.0. The first kappa shape index (κ1) is 19.4. The lowest BCUT2D eigenvalue weighted by Crippen LogP contribution is -2.39. The second-order valence-electron chi connectivity index (χ2n) is 6.98. The van der Waals surface area contributed by atoms with Gasteiger partial charge in [0.2, 0.25) is 21.7 Å². The number of piperidine rings is 1. The number of ketones is 1. The molecule has 0 N–H and O–H groups in total. The maximum Gasteiger partial charge on any atom is 0.243 e. The summed E-state index contributed by atoms with van der Waals surface area (Å²) in [6.45, 7) is 2.14. The highest BCUT2D eigenvalue weighted by Gasteiger charge is 2.33. The zero-order valence-electron chi connectivity index (χ0n) is 15.9. The normalized spacial score (nSPS) is 17.9. The summed E-state index contributed by atoms with van der Waals surface area (Å²) in [6.07, 6.45) is 4.78. The number of nitrogens with zero attached hydrogens (tertiary/aromatic N) is 4. The number of sulfonamides is 1. The third-order valence-corrected chi connectivity index (χ3v) is 6.87. The molecular weight excluding hydrogens is 392 g/mol. The Hall–Kier alpha value is -2.91. The van der Waals surface area contributed by atoms with Gasteiger partial charge in [-0.05, 0) is 44.0 Å². The highest BCUT2D eigenvalue weighted by molar-refractivity contribution is 7.89. The van der Waals surface area contributed by atoms with Crippen LogP contribution in [0.5, 0.6) is 0 Å². The van der Waals surface area contributed by atoms with Gasteiger partial charge < -0.3 is 4.52 Å². The van der Waals surface area contributed by atoms with E-state index in [9.17, 15) is 13.2 Å². The molecule has 29 heavy (non-hydrogen) atoms. The predicted octanol–water partition coefficient (Wildman–Crippen LogP) is 2.90. The van der Waals surface area contributed by atoms with Crippen molar-refractivity contribution in [2.75, 3.05) is 13.1 Å². The van der Waals surface area contributed by atoms with Gasteiger partial charge in [-0.2, -0.15) is 9.29 Å². The van der Waals surface area contributed by atoms with Crippen molar-refractivity contribution < 1.29 is 17.7 Å². The van der Waals surface area contributed by atoms with Crippen LogP contribution < -0.4 is 0 Å². The van der Waals surface area contributed by atoms with Gasteiger partial charge in [0.15, 0.2) is 5.78 Å². The zero-order chi connectivity index (χ0) is 20.4. The number of pyridine rings is 1. The van der Waals surface area contributed by atoms with Crippen molar-refractivity contribution in [3.63, 3.8) is 0 Å². The summed E-state index contributed by atoms with van der Waals surface area (Å²) in [5.74, 6) is 0.587. The van der Waals surface area contributed by atoms with E-state index in [4.69, 9.17) is 4.52 Å². The minimum Gasteiger partial charge on any atom is -0.339 e. The van der Waals surface area contributed by atoms with Crippen LogP contribution in [0.4, 0.5) is 0 Å². The van der Waals surface area contributed by atoms with Crippen molar-refractivity contribution in [3.05, 3.63) is 60.2 Å².